The molecule has 2 N–H and O–H groups in total. The molecule has 0 fully saturated rings. The van der Waals surface area contributed by atoms with Crippen molar-refractivity contribution in [3.05, 3.63) is 100 Å². The summed E-state index contributed by atoms with van der Waals surface area (Å²) in [6, 6.07) is 18.6. The van der Waals surface area contributed by atoms with E-state index in [1.54, 1.807) is 60.7 Å². The van der Waals surface area contributed by atoms with E-state index in [1.165, 1.54) is 18.3 Å². The van der Waals surface area contributed by atoms with Gasteiger partial charge in [0.2, 0.25) is 0 Å². The summed E-state index contributed by atoms with van der Waals surface area (Å²) in [5, 5.41) is 7.13. The van der Waals surface area contributed by atoms with Crippen molar-refractivity contribution in [3.63, 3.8) is 0 Å². The number of hydrogen-bond acceptors (Lipinski definition) is 3. The van der Waals surface area contributed by atoms with Crippen LogP contribution >= 0.6 is 11.6 Å². The van der Waals surface area contributed by atoms with E-state index in [0.29, 0.717) is 27.4 Å². The summed E-state index contributed by atoms with van der Waals surface area (Å²) in [5.41, 5.74) is 4.44. The molecule has 28 heavy (non-hydrogen) atoms. The van der Waals surface area contributed by atoms with Gasteiger partial charge in [-0.05, 0) is 66.2 Å². The van der Waals surface area contributed by atoms with Crippen LogP contribution < -0.4 is 10.7 Å². The Balaban J connectivity index is 1.57. The van der Waals surface area contributed by atoms with Crippen molar-refractivity contribution in [3.8, 4) is 0 Å². The lowest BCUT2D eigenvalue weighted by Crippen LogP contribution is -2.17. The van der Waals surface area contributed by atoms with E-state index in [2.05, 4.69) is 15.8 Å². The maximum Gasteiger partial charge on any atom is 0.271 e. The number of halogens is 2. The van der Waals surface area contributed by atoms with E-state index in [4.69, 9.17) is 11.6 Å². The summed E-state index contributed by atoms with van der Waals surface area (Å²) in [6.45, 7) is 0. The zero-order chi connectivity index (χ0) is 19.9. The molecule has 0 unspecified atom stereocenters. The average molecular weight is 396 g/mol. The highest BCUT2D eigenvalue weighted by Crippen LogP contribution is 2.14. The first-order valence-corrected chi connectivity index (χ1v) is 8.65. The minimum absolute atomic E-state index is 0.280. The van der Waals surface area contributed by atoms with E-state index in [9.17, 15) is 14.0 Å². The van der Waals surface area contributed by atoms with Gasteiger partial charge in [0.15, 0.2) is 0 Å². The van der Waals surface area contributed by atoms with E-state index in [1.807, 2.05) is 0 Å². The molecule has 0 aliphatic rings. The van der Waals surface area contributed by atoms with Crippen LogP contribution in [0.4, 0.5) is 10.1 Å². The van der Waals surface area contributed by atoms with Crippen molar-refractivity contribution in [2.75, 3.05) is 5.32 Å². The van der Waals surface area contributed by atoms with Gasteiger partial charge in [0.25, 0.3) is 11.8 Å². The highest BCUT2D eigenvalue weighted by Gasteiger charge is 2.08. The van der Waals surface area contributed by atoms with Crippen molar-refractivity contribution >= 4 is 35.3 Å². The van der Waals surface area contributed by atoms with Crippen LogP contribution in [0.5, 0.6) is 0 Å². The molecule has 0 atom stereocenters. The molecule has 0 heterocycles. The second-order valence-electron chi connectivity index (χ2n) is 5.79. The fourth-order valence-electron chi connectivity index (χ4n) is 2.29. The Hall–Kier alpha value is -3.51. The third kappa shape index (κ3) is 5.25. The number of anilines is 1. The number of nitrogens with one attached hydrogen (secondary N) is 2. The highest BCUT2D eigenvalue weighted by atomic mass is 35.5. The number of carbonyl (C=O) groups is 2. The molecule has 2 amide bonds. The molecule has 7 heteroatoms. The Labute approximate surface area is 165 Å². The standard InChI is InChI=1S/C21H15ClFN3O2/c22-17-7-3-15(4-8-17)20(27)25-19-11-5-16(6-12-19)21(28)26-24-13-14-1-9-18(23)10-2-14/h1-13H,(H,25,27)(H,26,28). The van der Waals surface area contributed by atoms with Gasteiger partial charge in [0.05, 0.1) is 6.21 Å². The lowest BCUT2D eigenvalue weighted by atomic mass is 10.1. The van der Waals surface area contributed by atoms with Gasteiger partial charge in [-0.15, -0.1) is 0 Å². The Morgan fingerprint density at radius 3 is 2.04 bits per heavy atom. The van der Waals surface area contributed by atoms with Crippen LogP contribution in [0.3, 0.4) is 0 Å². The zero-order valence-corrected chi connectivity index (χ0v) is 15.3. The fraction of sp³-hybridized carbons (Fsp3) is 0. The van der Waals surface area contributed by atoms with E-state index < -0.39 is 5.91 Å². The van der Waals surface area contributed by atoms with Gasteiger partial charge in [-0.3, -0.25) is 9.59 Å². The monoisotopic (exact) mass is 395 g/mol. The highest BCUT2D eigenvalue weighted by molar-refractivity contribution is 6.30. The summed E-state index contributed by atoms with van der Waals surface area (Å²) in [7, 11) is 0. The third-order valence-electron chi connectivity index (χ3n) is 3.76. The molecule has 0 radical (unpaired) electrons. The second kappa shape index (κ2) is 8.92. The average Bonchev–Trinajstić information content (AvgIpc) is 2.70. The minimum atomic E-state index is -0.408. The van der Waals surface area contributed by atoms with Crippen LogP contribution in [-0.2, 0) is 0 Å². The molecule has 3 aromatic carbocycles. The normalized spacial score (nSPS) is 10.6. The zero-order valence-electron chi connectivity index (χ0n) is 14.5. The van der Waals surface area contributed by atoms with E-state index in [0.717, 1.165) is 0 Å². The molecule has 0 spiro atoms. The van der Waals surface area contributed by atoms with Gasteiger partial charge in [-0.2, -0.15) is 5.10 Å². The smallest absolute Gasteiger partial charge is 0.271 e. The molecule has 0 aliphatic carbocycles. The molecule has 0 saturated heterocycles. The molecule has 5 nitrogen and oxygen atoms in total. The molecule has 3 rings (SSSR count). The van der Waals surface area contributed by atoms with Crippen LogP contribution in [0.15, 0.2) is 77.9 Å². The summed E-state index contributed by atoms with van der Waals surface area (Å²) in [6.07, 6.45) is 1.41. The van der Waals surface area contributed by atoms with Crippen molar-refractivity contribution in [2.45, 2.75) is 0 Å². The molecule has 3 aromatic rings. The topological polar surface area (TPSA) is 70.6 Å². The van der Waals surface area contributed by atoms with Gasteiger partial charge in [-0.1, -0.05) is 23.7 Å². The summed E-state index contributed by atoms with van der Waals surface area (Å²) < 4.78 is 12.8. The van der Waals surface area contributed by atoms with Crippen molar-refractivity contribution in [1.29, 1.82) is 0 Å². The fourth-order valence-corrected chi connectivity index (χ4v) is 2.41. The van der Waals surface area contributed by atoms with Crippen molar-refractivity contribution in [1.82, 2.24) is 5.43 Å². The van der Waals surface area contributed by atoms with Gasteiger partial charge in [0.1, 0.15) is 5.82 Å². The van der Waals surface area contributed by atoms with Gasteiger partial charge < -0.3 is 5.32 Å². The van der Waals surface area contributed by atoms with Crippen LogP contribution in [0.25, 0.3) is 0 Å². The number of rotatable bonds is 5. The van der Waals surface area contributed by atoms with Crippen LogP contribution in [0, 0.1) is 5.82 Å². The Bertz CT molecular complexity index is 1000. The predicted octanol–water partition coefficient (Wildman–Crippen LogP) is 4.50. The molecule has 0 saturated carbocycles. The number of nitrogens with zero attached hydrogens (tertiary/aromatic N) is 1. The Morgan fingerprint density at radius 2 is 1.39 bits per heavy atom. The second-order valence-corrected chi connectivity index (χ2v) is 6.23. The number of hydrazone groups is 1. The Morgan fingerprint density at radius 1 is 0.821 bits per heavy atom. The van der Waals surface area contributed by atoms with Crippen LogP contribution in [-0.4, -0.2) is 18.0 Å². The molecule has 0 aromatic heterocycles. The lowest BCUT2D eigenvalue weighted by Gasteiger charge is -2.06. The van der Waals surface area contributed by atoms with Gasteiger partial charge in [-0.25, -0.2) is 9.82 Å². The first-order valence-electron chi connectivity index (χ1n) is 8.27. The van der Waals surface area contributed by atoms with Gasteiger partial charge >= 0.3 is 0 Å². The van der Waals surface area contributed by atoms with Crippen LogP contribution in [0.1, 0.15) is 26.3 Å². The third-order valence-corrected chi connectivity index (χ3v) is 4.01. The number of amides is 2. The minimum Gasteiger partial charge on any atom is -0.322 e. The predicted molar refractivity (Wildman–Crippen MR) is 107 cm³/mol. The number of carbonyl (C=O) groups excluding carboxylic acids is 2. The quantitative estimate of drug-likeness (QED) is 0.493. The lowest BCUT2D eigenvalue weighted by molar-refractivity contribution is 0.0954. The molecule has 0 aliphatic heterocycles. The molecular formula is C21H15ClFN3O2. The molecule has 140 valence electrons. The summed E-state index contributed by atoms with van der Waals surface area (Å²) >= 11 is 5.81. The van der Waals surface area contributed by atoms with Crippen LogP contribution in [0.2, 0.25) is 5.02 Å². The van der Waals surface area contributed by atoms with Crippen molar-refractivity contribution in [2.24, 2.45) is 5.10 Å². The van der Waals surface area contributed by atoms with Gasteiger partial charge in [0, 0.05) is 21.8 Å². The number of hydrogen-bond donors (Lipinski definition) is 2. The maximum absolute atomic E-state index is 12.8. The largest absolute Gasteiger partial charge is 0.322 e. The molecular weight excluding hydrogens is 381 g/mol. The maximum atomic E-state index is 12.8. The summed E-state index contributed by atoms with van der Waals surface area (Å²) in [4.78, 5) is 24.3. The number of benzene rings is 3. The first kappa shape index (κ1) is 19.3. The Kier molecular flexibility index (Phi) is 6.14. The summed E-state index contributed by atoms with van der Waals surface area (Å²) in [5.74, 6) is -1.03. The molecule has 0 bridgehead atoms. The SMILES string of the molecule is O=C(NN=Cc1ccc(F)cc1)c1ccc(NC(=O)c2ccc(Cl)cc2)cc1. The van der Waals surface area contributed by atoms with Crippen molar-refractivity contribution < 1.29 is 14.0 Å². The first-order chi connectivity index (χ1) is 13.5. The van der Waals surface area contributed by atoms with E-state index in [-0.39, 0.29) is 11.7 Å². The van der Waals surface area contributed by atoms with E-state index >= 15 is 0 Å².